The number of aromatic hydroxyl groups is 1. The number of oxazole rings is 1. The number of nitrogens with two attached hydrogens (primary N) is 1. The number of phenols is 1. The molecular weight excluding hydrogens is 354 g/mol. The summed E-state index contributed by atoms with van der Waals surface area (Å²) in [7, 11) is 0. The second-order valence-electron chi connectivity index (χ2n) is 7.83. The normalized spacial score (nSPS) is 12.6. The molecule has 1 amide bonds. The number of amides is 1. The standard InChI is InChI=1S/C22H25N3O3/c1-22(2,3)15-6-8-16(9-7-15)24-20(27)19-13-28-21(25-19)18(23)12-14-4-10-17(26)11-5-14/h4-11,13,18,26H,12,23H2,1-3H3,(H,24,27). The molecule has 1 atom stereocenters. The van der Waals surface area contributed by atoms with E-state index in [1.807, 2.05) is 24.3 Å². The summed E-state index contributed by atoms with van der Waals surface area (Å²) in [4.78, 5) is 16.6. The van der Waals surface area contributed by atoms with Gasteiger partial charge in [0.25, 0.3) is 5.91 Å². The lowest BCUT2D eigenvalue weighted by atomic mass is 9.87. The number of carbonyl (C=O) groups excluding carboxylic acids is 1. The van der Waals surface area contributed by atoms with Crippen LogP contribution in [0.25, 0.3) is 0 Å². The van der Waals surface area contributed by atoms with Crippen LogP contribution in [0.1, 0.15) is 54.3 Å². The van der Waals surface area contributed by atoms with Crippen molar-refractivity contribution in [3.8, 4) is 5.75 Å². The fraction of sp³-hybridized carbons (Fsp3) is 0.273. The number of hydrogen-bond acceptors (Lipinski definition) is 5. The quantitative estimate of drug-likeness (QED) is 0.617. The molecule has 0 bridgehead atoms. The summed E-state index contributed by atoms with van der Waals surface area (Å²) in [5.74, 6) is 0.139. The van der Waals surface area contributed by atoms with E-state index in [4.69, 9.17) is 10.2 Å². The van der Waals surface area contributed by atoms with Crippen molar-refractivity contribution in [2.75, 3.05) is 5.32 Å². The van der Waals surface area contributed by atoms with Gasteiger partial charge in [0.15, 0.2) is 5.69 Å². The molecular formula is C22H25N3O3. The van der Waals surface area contributed by atoms with Gasteiger partial charge in [-0.05, 0) is 47.2 Å². The number of carbonyl (C=O) groups is 1. The predicted molar refractivity (Wildman–Crippen MR) is 108 cm³/mol. The summed E-state index contributed by atoms with van der Waals surface area (Å²) in [5.41, 5.74) is 9.19. The molecule has 0 aliphatic heterocycles. The highest BCUT2D eigenvalue weighted by Crippen LogP contribution is 2.24. The van der Waals surface area contributed by atoms with Crippen molar-refractivity contribution in [2.45, 2.75) is 38.6 Å². The number of hydrogen-bond donors (Lipinski definition) is 3. The Kier molecular flexibility index (Phi) is 5.51. The summed E-state index contributed by atoms with van der Waals surface area (Å²) >= 11 is 0. The highest BCUT2D eigenvalue weighted by molar-refractivity contribution is 6.02. The molecule has 3 rings (SSSR count). The Hall–Kier alpha value is -3.12. The third kappa shape index (κ3) is 4.78. The van der Waals surface area contributed by atoms with E-state index in [0.29, 0.717) is 18.0 Å². The van der Waals surface area contributed by atoms with Gasteiger partial charge >= 0.3 is 0 Å². The average Bonchev–Trinajstić information content (AvgIpc) is 3.14. The second kappa shape index (κ2) is 7.86. The van der Waals surface area contributed by atoms with Crippen molar-refractivity contribution < 1.29 is 14.3 Å². The predicted octanol–water partition coefficient (Wildman–Crippen LogP) is 4.17. The molecule has 0 radical (unpaired) electrons. The molecule has 1 unspecified atom stereocenters. The zero-order chi connectivity index (χ0) is 20.3. The first-order valence-corrected chi connectivity index (χ1v) is 9.13. The lowest BCUT2D eigenvalue weighted by Crippen LogP contribution is -2.16. The molecule has 146 valence electrons. The maximum Gasteiger partial charge on any atom is 0.277 e. The Bertz CT molecular complexity index is 938. The van der Waals surface area contributed by atoms with E-state index >= 15 is 0 Å². The van der Waals surface area contributed by atoms with E-state index < -0.39 is 6.04 Å². The van der Waals surface area contributed by atoms with Crippen molar-refractivity contribution in [1.29, 1.82) is 0 Å². The molecule has 4 N–H and O–H groups in total. The number of nitrogens with zero attached hydrogens (tertiary/aromatic N) is 1. The zero-order valence-corrected chi connectivity index (χ0v) is 16.3. The number of benzene rings is 2. The van der Waals surface area contributed by atoms with Crippen LogP contribution in [0, 0.1) is 0 Å². The Labute approximate surface area is 164 Å². The fourth-order valence-electron chi connectivity index (χ4n) is 2.78. The highest BCUT2D eigenvalue weighted by atomic mass is 16.3. The van der Waals surface area contributed by atoms with Crippen LogP contribution in [0.15, 0.2) is 59.2 Å². The molecule has 6 nitrogen and oxygen atoms in total. The van der Waals surface area contributed by atoms with Gasteiger partial charge in [-0.25, -0.2) is 4.98 Å². The van der Waals surface area contributed by atoms with Crippen molar-refractivity contribution in [3.63, 3.8) is 0 Å². The number of nitrogens with one attached hydrogen (secondary N) is 1. The van der Waals surface area contributed by atoms with Crippen LogP contribution in [-0.4, -0.2) is 16.0 Å². The summed E-state index contributed by atoms with van der Waals surface area (Å²) in [6.07, 6.45) is 1.79. The van der Waals surface area contributed by atoms with Gasteiger partial charge in [-0.2, -0.15) is 0 Å². The molecule has 0 spiro atoms. The monoisotopic (exact) mass is 379 g/mol. The van der Waals surface area contributed by atoms with Crippen LogP contribution in [0.2, 0.25) is 0 Å². The van der Waals surface area contributed by atoms with Crippen LogP contribution < -0.4 is 11.1 Å². The van der Waals surface area contributed by atoms with Crippen LogP contribution in [0.4, 0.5) is 5.69 Å². The summed E-state index contributed by atoms with van der Waals surface area (Å²) < 4.78 is 5.40. The molecule has 28 heavy (non-hydrogen) atoms. The van der Waals surface area contributed by atoms with Crippen LogP contribution in [-0.2, 0) is 11.8 Å². The zero-order valence-electron chi connectivity index (χ0n) is 16.3. The minimum Gasteiger partial charge on any atom is -0.508 e. The molecule has 3 aromatic rings. The van der Waals surface area contributed by atoms with Gasteiger partial charge in [0, 0.05) is 5.69 Å². The average molecular weight is 379 g/mol. The Morgan fingerprint density at radius 2 is 1.79 bits per heavy atom. The smallest absolute Gasteiger partial charge is 0.277 e. The number of phenolic OH excluding ortho intramolecular Hbond substituents is 1. The Morgan fingerprint density at radius 3 is 2.39 bits per heavy atom. The molecule has 0 aliphatic carbocycles. The molecule has 0 aliphatic rings. The summed E-state index contributed by atoms with van der Waals surface area (Å²) in [5, 5.41) is 12.2. The van der Waals surface area contributed by atoms with E-state index in [9.17, 15) is 9.90 Å². The van der Waals surface area contributed by atoms with Crippen molar-refractivity contribution >= 4 is 11.6 Å². The number of aromatic nitrogens is 1. The number of anilines is 1. The SMILES string of the molecule is CC(C)(C)c1ccc(NC(=O)c2coc(C(N)Cc3ccc(O)cc3)n2)cc1. The molecule has 1 aromatic heterocycles. The van der Waals surface area contributed by atoms with Gasteiger partial charge in [-0.1, -0.05) is 45.0 Å². The first-order chi connectivity index (χ1) is 13.2. The summed E-state index contributed by atoms with van der Waals surface area (Å²) in [6.45, 7) is 6.41. The Balaban J connectivity index is 1.64. The molecule has 1 heterocycles. The molecule has 0 saturated carbocycles. The third-order valence-corrected chi connectivity index (χ3v) is 4.47. The largest absolute Gasteiger partial charge is 0.508 e. The maximum absolute atomic E-state index is 12.4. The van der Waals surface area contributed by atoms with Gasteiger partial charge in [-0.15, -0.1) is 0 Å². The van der Waals surface area contributed by atoms with Gasteiger partial charge < -0.3 is 20.6 Å². The number of rotatable bonds is 5. The first-order valence-electron chi connectivity index (χ1n) is 9.13. The first kappa shape index (κ1) is 19.6. The molecule has 2 aromatic carbocycles. The van der Waals surface area contributed by atoms with Gasteiger partial charge in [0.05, 0.1) is 6.04 Å². The molecule has 0 fully saturated rings. The maximum atomic E-state index is 12.4. The van der Waals surface area contributed by atoms with E-state index in [1.165, 1.54) is 11.8 Å². The van der Waals surface area contributed by atoms with Crippen LogP contribution in [0.5, 0.6) is 5.75 Å². The highest BCUT2D eigenvalue weighted by Gasteiger charge is 2.18. The summed E-state index contributed by atoms with van der Waals surface area (Å²) in [6, 6.07) is 14.0. The van der Waals surface area contributed by atoms with Crippen molar-refractivity contribution in [3.05, 3.63) is 77.5 Å². The molecule has 6 heteroatoms. The Morgan fingerprint density at radius 1 is 1.14 bits per heavy atom. The van der Waals surface area contributed by atoms with Crippen LogP contribution >= 0.6 is 0 Å². The van der Waals surface area contributed by atoms with E-state index in [1.54, 1.807) is 24.3 Å². The van der Waals surface area contributed by atoms with Crippen molar-refractivity contribution in [1.82, 2.24) is 4.98 Å². The lowest BCUT2D eigenvalue weighted by molar-refractivity contribution is 0.102. The van der Waals surface area contributed by atoms with E-state index in [2.05, 4.69) is 31.1 Å². The van der Waals surface area contributed by atoms with Gasteiger partial charge in [0.2, 0.25) is 5.89 Å². The second-order valence-corrected chi connectivity index (χ2v) is 7.83. The van der Waals surface area contributed by atoms with Gasteiger partial charge in [-0.3, -0.25) is 4.79 Å². The van der Waals surface area contributed by atoms with Gasteiger partial charge in [0.1, 0.15) is 12.0 Å². The topological polar surface area (TPSA) is 101 Å². The van der Waals surface area contributed by atoms with E-state index in [0.717, 1.165) is 5.56 Å². The third-order valence-electron chi connectivity index (χ3n) is 4.47. The van der Waals surface area contributed by atoms with Crippen molar-refractivity contribution in [2.24, 2.45) is 5.73 Å². The minimum atomic E-state index is -0.489. The van der Waals surface area contributed by atoms with E-state index in [-0.39, 0.29) is 22.8 Å². The van der Waals surface area contributed by atoms with Crippen LogP contribution in [0.3, 0.4) is 0 Å². The lowest BCUT2D eigenvalue weighted by Gasteiger charge is -2.19. The minimum absolute atomic E-state index is 0.0528. The molecule has 0 saturated heterocycles. The fourth-order valence-corrected chi connectivity index (χ4v) is 2.78.